The van der Waals surface area contributed by atoms with E-state index in [0.717, 1.165) is 10.1 Å². The zero-order valence-corrected chi connectivity index (χ0v) is 9.35. The quantitative estimate of drug-likeness (QED) is 0.784. The average molecular weight is 272 g/mol. The highest BCUT2D eigenvalue weighted by Crippen LogP contribution is 2.34. The molecule has 0 saturated carbocycles. The van der Waals surface area contributed by atoms with Gasteiger partial charge in [-0.2, -0.15) is 0 Å². The van der Waals surface area contributed by atoms with Gasteiger partial charge in [-0.1, -0.05) is 0 Å². The molecule has 3 N–H and O–H groups in total. The summed E-state index contributed by atoms with van der Waals surface area (Å²) in [6.07, 6.45) is 0. The van der Waals surface area contributed by atoms with E-state index in [-0.39, 0.29) is 5.56 Å². The van der Waals surface area contributed by atoms with Gasteiger partial charge in [0.1, 0.15) is 0 Å². The van der Waals surface area contributed by atoms with Crippen molar-refractivity contribution in [3.8, 4) is 0 Å². The van der Waals surface area contributed by atoms with Gasteiger partial charge >= 0.3 is 5.97 Å². The van der Waals surface area contributed by atoms with Crippen LogP contribution in [0.15, 0.2) is 22.0 Å². The lowest BCUT2D eigenvalue weighted by atomic mass is 10.1. The lowest BCUT2D eigenvalue weighted by Gasteiger charge is -2.04. The minimum atomic E-state index is -0.961. The highest BCUT2D eigenvalue weighted by Gasteiger charge is 2.16. The third kappa shape index (κ3) is 1.29. The first-order chi connectivity index (χ1) is 6.61. The number of benzene rings is 1. The zero-order chi connectivity index (χ0) is 10.3. The molecule has 0 aliphatic rings. The van der Waals surface area contributed by atoms with E-state index in [1.807, 2.05) is 11.4 Å². The molecule has 0 bridgehead atoms. The Balaban J connectivity index is 2.93. The molecule has 3 nitrogen and oxygen atoms in total. The normalized spacial score (nSPS) is 10.6. The molecule has 1 heterocycles. The van der Waals surface area contributed by atoms with E-state index in [1.54, 1.807) is 6.07 Å². The Bertz CT molecular complexity index is 521. The Morgan fingerprint density at radius 1 is 1.57 bits per heavy atom. The number of anilines is 1. The molecule has 0 unspecified atom stereocenters. The van der Waals surface area contributed by atoms with Gasteiger partial charge in [-0.05, 0) is 38.8 Å². The molecule has 0 fully saturated rings. The Morgan fingerprint density at radius 3 is 2.93 bits per heavy atom. The van der Waals surface area contributed by atoms with Gasteiger partial charge in [0.25, 0.3) is 0 Å². The van der Waals surface area contributed by atoms with Crippen LogP contribution >= 0.6 is 27.3 Å². The Kier molecular flexibility index (Phi) is 2.20. The van der Waals surface area contributed by atoms with Crippen LogP contribution in [-0.4, -0.2) is 11.1 Å². The molecule has 0 aliphatic carbocycles. The number of nitrogens with two attached hydrogens (primary N) is 1. The van der Waals surface area contributed by atoms with Crippen LogP contribution in [0.25, 0.3) is 10.1 Å². The molecule has 0 radical (unpaired) electrons. The van der Waals surface area contributed by atoms with Crippen molar-refractivity contribution in [2.75, 3.05) is 5.73 Å². The number of carboxylic acids is 1. The predicted octanol–water partition coefficient (Wildman–Crippen LogP) is 2.94. The molecule has 0 amide bonds. The van der Waals surface area contributed by atoms with Crippen LogP contribution in [0.2, 0.25) is 0 Å². The van der Waals surface area contributed by atoms with Gasteiger partial charge in [0.2, 0.25) is 0 Å². The van der Waals surface area contributed by atoms with Crippen molar-refractivity contribution in [3.05, 3.63) is 27.5 Å². The summed E-state index contributed by atoms with van der Waals surface area (Å²) in [4.78, 5) is 11.0. The van der Waals surface area contributed by atoms with E-state index in [2.05, 4.69) is 15.9 Å². The number of thiophene rings is 1. The fraction of sp³-hybridized carbons (Fsp3) is 0. The average Bonchev–Trinajstić information content (AvgIpc) is 2.52. The first-order valence-corrected chi connectivity index (χ1v) is 5.47. The van der Waals surface area contributed by atoms with Crippen LogP contribution in [0, 0.1) is 0 Å². The maximum atomic E-state index is 11.0. The van der Waals surface area contributed by atoms with Crippen LogP contribution in [0.4, 0.5) is 5.69 Å². The van der Waals surface area contributed by atoms with Gasteiger partial charge in [-0.25, -0.2) is 4.79 Å². The fourth-order valence-electron chi connectivity index (χ4n) is 1.30. The minimum absolute atomic E-state index is 0.245. The number of hydrogen-bond donors (Lipinski definition) is 2. The summed E-state index contributed by atoms with van der Waals surface area (Å²) in [7, 11) is 0. The van der Waals surface area contributed by atoms with Gasteiger partial charge in [-0.15, -0.1) is 11.3 Å². The minimum Gasteiger partial charge on any atom is -0.478 e. The summed E-state index contributed by atoms with van der Waals surface area (Å²) in [5, 5.41) is 11.7. The number of rotatable bonds is 1. The van der Waals surface area contributed by atoms with Crippen molar-refractivity contribution in [3.63, 3.8) is 0 Å². The van der Waals surface area contributed by atoms with Crippen molar-refractivity contribution in [2.24, 2.45) is 0 Å². The Labute approximate surface area is 92.3 Å². The van der Waals surface area contributed by atoms with Crippen molar-refractivity contribution in [2.45, 2.75) is 0 Å². The number of halogens is 1. The van der Waals surface area contributed by atoms with E-state index >= 15 is 0 Å². The molecule has 1 aromatic carbocycles. The van der Waals surface area contributed by atoms with Crippen molar-refractivity contribution in [1.29, 1.82) is 0 Å². The molecule has 5 heteroatoms. The monoisotopic (exact) mass is 271 g/mol. The SMILES string of the molecule is Nc1cc2ccsc2c(C(=O)O)c1Br. The van der Waals surface area contributed by atoms with Crippen molar-refractivity contribution >= 4 is 49.0 Å². The topological polar surface area (TPSA) is 63.3 Å². The number of nitrogen functional groups attached to an aromatic ring is 1. The number of carbonyl (C=O) groups is 1. The summed E-state index contributed by atoms with van der Waals surface area (Å²) >= 11 is 4.59. The van der Waals surface area contributed by atoms with E-state index in [4.69, 9.17) is 10.8 Å². The van der Waals surface area contributed by atoms with Gasteiger partial charge in [0, 0.05) is 5.69 Å². The molecule has 0 saturated heterocycles. The van der Waals surface area contributed by atoms with Crippen LogP contribution < -0.4 is 5.73 Å². The number of fused-ring (bicyclic) bond motifs is 1. The first-order valence-electron chi connectivity index (χ1n) is 3.79. The third-order valence-electron chi connectivity index (χ3n) is 1.92. The summed E-state index contributed by atoms with van der Waals surface area (Å²) in [6.45, 7) is 0. The summed E-state index contributed by atoms with van der Waals surface area (Å²) in [5.41, 5.74) is 6.38. The van der Waals surface area contributed by atoms with Crippen LogP contribution in [0.1, 0.15) is 10.4 Å². The maximum Gasteiger partial charge on any atom is 0.338 e. The second kappa shape index (κ2) is 3.25. The standard InChI is InChI=1S/C9H6BrNO2S/c10-7-5(11)3-4-1-2-14-8(4)6(7)9(12)13/h1-3H,11H2,(H,12,13). The van der Waals surface area contributed by atoms with Gasteiger partial charge in [0.05, 0.1) is 14.7 Å². The number of hydrogen-bond acceptors (Lipinski definition) is 3. The van der Waals surface area contributed by atoms with E-state index in [0.29, 0.717) is 10.2 Å². The smallest absolute Gasteiger partial charge is 0.338 e. The first kappa shape index (κ1) is 9.48. The van der Waals surface area contributed by atoms with Gasteiger partial charge in [0.15, 0.2) is 0 Å². The second-order valence-corrected chi connectivity index (χ2v) is 4.51. The highest BCUT2D eigenvalue weighted by molar-refractivity contribution is 9.10. The van der Waals surface area contributed by atoms with Gasteiger partial charge < -0.3 is 10.8 Å². The highest BCUT2D eigenvalue weighted by atomic mass is 79.9. The second-order valence-electron chi connectivity index (χ2n) is 2.80. The van der Waals surface area contributed by atoms with Crippen LogP contribution in [0.3, 0.4) is 0 Å². The molecule has 0 aliphatic heterocycles. The van der Waals surface area contributed by atoms with Crippen molar-refractivity contribution < 1.29 is 9.90 Å². The summed E-state index contributed by atoms with van der Waals surface area (Å²) in [5.74, 6) is -0.961. The van der Waals surface area contributed by atoms with Crippen LogP contribution in [0.5, 0.6) is 0 Å². The molecule has 14 heavy (non-hydrogen) atoms. The molecular formula is C9H6BrNO2S. The summed E-state index contributed by atoms with van der Waals surface area (Å²) in [6, 6.07) is 3.62. The van der Waals surface area contributed by atoms with Crippen molar-refractivity contribution in [1.82, 2.24) is 0 Å². The third-order valence-corrected chi connectivity index (χ3v) is 3.72. The molecule has 2 aromatic rings. The van der Waals surface area contributed by atoms with E-state index in [1.165, 1.54) is 11.3 Å². The predicted molar refractivity (Wildman–Crippen MR) is 60.9 cm³/mol. The number of aromatic carboxylic acids is 1. The van der Waals surface area contributed by atoms with E-state index in [9.17, 15) is 4.79 Å². The fourth-order valence-corrected chi connectivity index (χ4v) is 2.84. The number of carboxylic acid groups (broad SMARTS) is 1. The molecule has 0 atom stereocenters. The zero-order valence-electron chi connectivity index (χ0n) is 6.95. The van der Waals surface area contributed by atoms with Crippen LogP contribution in [-0.2, 0) is 0 Å². The molecular weight excluding hydrogens is 266 g/mol. The Morgan fingerprint density at radius 2 is 2.29 bits per heavy atom. The Hall–Kier alpha value is -1.07. The van der Waals surface area contributed by atoms with Gasteiger partial charge in [-0.3, -0.25) is 0 Å². The molecule has 1 aromatic heterocycles. The lowest BCUT2D eigenvalue weighted by Crippen LogP contribution is -2.00. The lowest BCUT2D eigenvalue weighted by molar-refractivity contribution is 0.0698. The molecule has 2 rings (SSSR count). The van der Waals surface area contributed by atoms with E-state index < -0.39 is 5.97 Å². The molecule has 72 valence electrons. The summed E-state index contributed by atoms with van der Waals surface area (Å²) < 4.78 is 1.21. The molecule has 0 spiro atoms. The maximum absolute atomic E-state index is 11.0. The largest absolute Gasteiger partial charge is 0.478 e.